The van der Waals surface area contributed by atoms with Crippen molar-refractivity contribution in [1.82, 2.24) is 0 Å². The van der Waals surface area contributed by atoms with Crippen molar-refractivity contribution in [2.75, 3.05) is 5.32 Å². The molecular weight excluding hydrogens is 254 g/mol. The standard InChI is InChI=1S/C16H15NO3/c1-11(18)13-8-5-9-14(10-13)17-15(16(19)20)12-6-3-2-4-7-12/h2-10,15,17H,1H3,(H,19,20). The van der Waals surface area contributed by atoms with Crippen molar-refractivity contribution >= 4 is 17.4 Å². The first-order valence-corrected chi connectivity index (χ1v) is 6.23. The summed E-state index contributed by atoms with van der Waals surface area (Å²) in [6.45, 7) is 1.48. The molecule has 0 amide bonds. The van der Waals surface area contributed by atoms with Gasteiger partial charge in [0.2, 0.25) is 0 Å². The van der Waals surface area contributed by atoms with Gasteiger partial charge in [0.15, 0.2) is 11.8 Å². The highest BCUT2D eigenvalue weighted by Crippen LogP contribution is 2.20. The van der Waals surface area contributed by atoms with Crippen molar-refractivity contribution in [3.63, 3.8) is 0 Å². The Labute approximate surface area is 117 Å². The lowest BCUT2D eigenvalue weighted by molar-refractivity contribution is -0.138. The van der Waals surface area contributed by atoms with E-state index in [1.165, 1.54) is 6.92 Å². The zero-order valence-corrected chi connectivity index (χ0v) is 11.0. The zero-order valence-electron chi connectivity index (χ0n) is 11.0. The molecule has 4 nitrogen and oxygen atoms in total. The Morgan fingerprint density at radius 1 is 1.05 bits per heavy atom. The molecular formula is C16H15NO3. The van der Waals surface area contributed by atoms with Crippen molar-refractivity contribution in [3.05, 3.63) is 65.7 Å². The summed E-state index contributed by atoms with van der Waals surface area (Å²) in [6.07, 6.45) is 0. The average molecular weight is 269 g/mol. The second-order valence-electron chi connectivity index (χ2n) is 4.46. The van der Waals surface area contributed by atoms with Crippen molar-refractivity contribution in [2.24, 2.45) is 0 Å². The number of hydrogen-bond donors (Lipinski definition) is 2. The molecule has 0 saturated carbocycles. The minimum absolute atomic E-state index is 0.0553. The second-order valence-corrected chi connectivity index (χ2v) is 4.46. The van der Waals surface area contributed by atoms with E-state index in [2.05, 4.69) is 5.32 Å². The normalized spacial score (nSPS) is 11.7. The molecule has 0 heterocycles. The van der Waals surface area contributed by atoms with E-state index in [1.54, 1.807) is 48.5 Å². The number of carbonyl (C=O) groups excluding carboxylic acids is 1. The van der Waals surface area contributed by atoms with Gasteiger partial charge in [0, 0.05) is 11.3 Å². The molecule has 0 aliphatic carbocycles. The third-order valence-electron chi connectivity index (χ3n) is 2.96. The molecule has 2 aromatic carbocycles. The molecule has 2 N–H and O–H groups in total. The average Bonchev–Trinajstić information content (AvgIpc) is 2.45. The van der Waals surface area contributed by atoms with E-state index >= 15 is 0 Å². The molecule has 0 aliphatic rings. The number of carboxylic acid groups (broad SMARTS) is 1. The van der Waals surface area contributed by atoms with Crippen LogP contribution in [0.25, 0.3) is 0 Å². The summed E-state index contributed by atoms with van der Waals surface area (Å²) in [7, 11) is 0. The number of carbonyl (C=O) groups is 2. The first-order chi connectivity index (χ1) is 9.58. The van der Waals surface area contributed by atoms with Crippen LogP contribution in [0.5, 0.6) is 0 Å². The van der Waals surface area contributed by atoms with Gasteiger partial charge in [0.25, 0.3) is 0 Å². The number of ketones is 1. The number of nitrogens with one attached hydrogen (secondary N) is 1. The molecule has 0 bridgehead atoms. The summed E-state index contributed by atoms with van der Waals surface area (Å²) in [5, 5.41) is 12.3. The van der Waals surface area contributed by atoms with E-state index in [4.69, 9.17) is 0 Å². The van der Waals surface area contributed by atoms with Crippen LogP contribution in [0.2, 0.25) is 0 Å². The quantitative estimate of drug-likeness (QED) is 0.818. The van der Waals surface area contributed by atoms with Crippen LogP contribution < -0.4 is 5.32 Å². The largest absolute Gasteiger partial charge is 0.479 e. The first kappa shape index (κ1) is 13.8. The predicted octanol–water partition coefficient (Wildman–Crippen LogP) is 3.13. The van der Waals surface area contributed by atoms with E-state index in [0.29, 0.717) is 16.8 Å². The maximum Gasteiger partial charge on any atom is 0.330 e. The molecule has 1 unspecified atom stereocenters. The maximum atomic E-state index is 11.4. The molecule has 102 valence electrons. The third-order valence-corrected chi connectivity index (χ3v) is 2.96. The van der Waals surface area contributed by atoms with Crippen LogP contribution in [0, 0.1) is 0 Å². The van der Waals surface area contributed by atoms with Gasteiger partial charge in [0.05, 0.1) is 0 Å². The number of hydrogen-bond acceptors (Lipinski definition) is 3. The summed E-state index contributed by atoms with van der Waals surface area (Å²) < 4.78 is 0. The SMILES string of the molecule is CC(=O)c1cccc(NC(C(=O)O)c2ccccc2)c1. The molecule has 1 atom stereocenters. The lowest BCUT2D eigenvalue weighted by Crippen LogP contribution is -2.20. The van der Waals surface area contributed by atoms with Crippen molar-refractivity contribution in [1.29, 1.82) is 0 Å². The molecule has 20 heavy (non-hydrogen) atoms. The zero-order chi connectivity index (χ0) is 14.5. The van der Waals surface area contributed by atoms with Crippen molar-refractivity contribution in [3.8, 4) is 0 Å². The number of anilines is 1. The van der Waals surface area contributed by atoms with Crippen LogP contribution in [-0.4, -0.2) is 16.9 Å². The third kappa shape index (κ3) is 3.23. The van der Waals surface area contributed by atoms with Gasteiger partial charge in [-0.1, -0.05) is 42.5 Å². The highest BCUT2D eigenvalue weighted by atomic mass is 16.4. The van der Waals surface area contributed by atoms with E-state index < -0.39 is 12.0 Å². The summed E-state index contributed by atoms with van der Waals surface area (Å²) in [5.74, 6) is -1.02. The Bertz CT molecular complexity index is 623. The van der Waals surface area contributed by atoms with Crippen molar-refractivity contribution < 1.29 is 14.7 Å². The smallest absolute Gasteiger partial charge is 0.330 e. The molecule has 0 spiro atoms. The summed E-state index contributed by atoms with van der Waals surface area (Å²) >= 11 is 0. The monoisotopic (exact) mass is 269 g/mol. The van der Waals surface area contributed by atoms with E-state index in [-0.39, 0.29) is 5.78 Å². The number of benzene rings is 2. The molecule has 2 rings (SSSR count). The molecule has 2 aromatic rings. The molecule has 4 heteroatoms. The Kier molecular flexibility index (Phi) is 4.15. The summed E-state index contributed by atoms with van der Waals surface area (Å²) in [6, 6.07) is 14.9. The molecule has 0 fully saturated rings. The van der Waals surface area contributed by atoms with Crippen LogP contribution >= 0.6 is 0 Å². The van der Waals surface area contributed by atoms with Gasteiger partial charge in [-0.2, -0.15) is 0 Å². The summed E-state index contributed by atoms with van der Waals surface area (Å²) in [5.41, 5.74) is 1.81. The molecule has 0 aromatic heterocycles. The fourth-order valence-electron chi connectivity index (χ4n) is 1.93. The van der Waals surface area contributed by atoms with Gasteiger partial charge in [-0.3, -0.25) is 4.79 Å². The first-order valence-electron chi connectivity index (χ1n) is 6.23. The minimum Gasteiger partial charge on any atom is -0.479 e. The Morgan fingerprint density at radius 3 is 2.35 bits per heavy atom. The van der Waals surface area contributed by atoms with Crippen LogP contribution in [0.15, 0.2) is 54.6 Å². The lowest BCUT2D eigenvalue weighted by Gasteiger charge is -2.16. The van der Waals surface area contributed by atoms with Gasteiger partial charge in [0.1, 0.15) is 0 Å². The Hall–Kier alpha value is -2.62. The fraction of sp³-hybridized carbons (Fsp3) is 0.125. The van der Waals surface area contributed by atoms with E-state index in [0.717, 1.165) is 0 Å². The number of carboxylic acids is 1. The minimum atomic E-state index is -0.968. The molecule has 0 saturated heterocycles. The van der Waals surface area contributed by atoms with Crippen LogP contribution in [0.3, 0.4) is 0 Å². The van der Waals surface area contributed by atoms with Crippen LogP contribution in [0.1, 0.15) is 28.9 Å². The van der Waals surface area contributed by atoms with E-state index in [9.17, 15) is 14.7 Å². The van der Waals surface area contributed by atoms with Gasteiger partial charge in [-0.05, 0) is 24.6 Å². The van der Waals surface area contributed by atoms with Crippen LogP contribution in [-0.2, 0) is 4.79 Å². The number of rotatable bonds is 5. The number of aliphatic carboxylic acids is 1. The topological polar surface area (TPSA) is 66.4 Å². The highest BCUT2D eigenvalue weighted by Gasteiger charge is 2.19. The van der Waals surface area contributed by atoms with Crippen molar-refractivity contribution in [2.45, 2.75) is 13.0 Å². The lowest BCUT2D eigenvalue weighted by atomic mass is 10.1. The van der Waals surface area contributed by atoms with Gasteiger partial charge in [-0.25, -0.2) is 4.79 Å². The number of Topliss-reactive ketones (excluding diaryl/α,β-unsaturated/α-hetero) is 1. The molecule has 0 radical (unpaired) electrons. The predicted molar refractivity (Wildman–Crippen MR) is 76.9 cm³/mol. The van der Waals surface area contributed by atoms with Gasteiger partial charge < -0.3 is 10.4 Å². The molecule has 0 aliphatic heterocycles. The highest BCUT2D eigenvalue weighted by molar-refractivity contribution is 5.95. The van der Waals surface area contributed by atoms with Gasteiger partial charge >= 0.3 is 5.97 Å². The second kappa shape index (κ2) is 6.02. The van der Waals surface area contributed by atoms with E-state index in [1.807, 2.05) is 6.07 Å². The van der Waals surface area contributed by atoms with Crippen LogP contribution in [0.4, 0.5) is 5.69 Å². The Balaban J connectivity index is 2.27. The van der Waals surface area contributed by atoms with Gasteiger partial charge in [-0.15, -0.1) is 0 Å². The fourth-order valence-corrected chi connectivity index (χ4v) is 1.93. The Morgan fingerprint density at radius 2 is 1.75 bits per heavy atom. The maximum absolute atomic E-state index is 11.4. The summed E-state index contributed by atoms with van der Waals surface area (Å²) in [4.78, 5) is 22.7.